The molecule has 1 heterocycles. The number of rotatable bonds is 7. The van der Waals surface area contributed by atoms with Gasteiger partial charge in [0, 0.05) is 10.6 Å². The second-order valence-electron chi connectivity index (χ2n) is 5.73. The second kappa shape index (κ2) is 9.48. The third kappa shape index (κ3) is 5.09. The number of hydrogen-bond donors (Lipinski definition) is 0. The van der Waals surface area contributed by atoms with Crippen LogP contribution in [0.5, 0.6) is 11.5 Å². The molecule has 0 saturated carbocycles. The van der Waals surface area contributed by atoms with Crippen molar-refractivity contribution in [3.63, 3.8) is 0 Å². The van der Waals surface area contributed by atoms with Crippen molar-refractivity contribution in [1.29, 1.82) is 0 Å². The number of thiophene rings is 1. The number of benzene rings is 2. The zero-order valence-corrected chi connectivity index (χ0v) is 17.8. The number of ether oxygens (including phenoxy) is 2. The van der Waals surface area contributed by atoms with E-state index >= 15 is 0 Å². The van der Waals surface area contributed by atoms with Gasteiger partial charge in [-0.1, -0.05) is 53.0 Å². The molecule has 3 nitrogen and oxygen atoms in total. The molecule has 0 fully saturated rings. The van der Waals surface area contributed by atoms with Gasteiger partial charge in [-0.05, 0) is 47.4 Å². The molecule has 1 aromatic heterocycles. The number of carbonyl (C=O) groups is 1. The third-order valence-electron chi connectivity index (χ3n) is 3.83. The molecule has 0 aliphatic carbocycles. The van der Waals surface area contributed by atoms with Gasteiger partial charge in [-0.25, -0.2) is 0 Å². The van der Waals surface area contributed by atoms with E-state index in [9.17, 15) is 4.79 Å². The van der Waals surface area contributed by atoms with Gasteiger partial charge in [0.15, 0.2) is 11.5 Å². The largest absolute Gasteiger partial charge is 0.496 e. The lowest BCUT2D eigenvalue weighted by Gasteiger charge is -2.13. The highest BCUT2D eigenvalue weighted by Gasteiger charge is 2.12. The van der Waals surface area contributed by atoms with Crippen molar-refractivity contribution in [2.45, 2.75) is 6.61 Å². The summed E-state index contributed by atoms with van der Waals surface area (Å²) in [6.07, 6.45) is 3.30. The van der Waals surface area contributed by atoms with Crippen LogP contribution in [0.15, 0.2) is 53.9 Å². The van der Waals surface area contributed by atoms with E-state index in [1.165, 1.54) is 11.3 Å². The maximum Gasteiger partial charge on any atom is 0.195 e. The normalized spacial score (nSPS) is 11.0. The summed E-state index contributed by atoms with van der Waals surface area (Å²) in [5.41, 5.74) is 1.63. The van der Waals surface area contributed by atoms with E-state index in [4.69, 9.17) is 44.3 Å². The number of ketones is 1. The lowest BCUT2D eigenvalue weighted by molar-refractivity contribution is 0.105. The number of allylic oxidation sites excluding steroid dienone is 1. The molecule has 3 rings (SSSR count). The minimum absolute atomic E-state index is 0.0386. The van der Waals surface area contributed by atoms with Gasteiger partial charge >= 0.3 is 0 Å². The van der Waals surface area contributed by atoms with Crippen molar-refractivity contribution in [1.82, 2.24) is 0 Å². The van der Waals surface area contributed by atoms with E-state index in [2.05, 4.69) is 0 Å². The topological polar surface area (TPSA) is 35.5 Å². The minimum Gasteiger partial charge on any atom is -0.496 e. The van der Waals surface area contributed by atoms with Gasteiger partial charge in [-0.15, -0.1) is 11.3 Å². The van der Waals surface area contributed by atoms with Gasteiger partial charge in [0.1, 0.15) is 12.4 Å². The van der Waals surface area contributed by atoms with Crippen molar-refractivity contribution >= 4 is 58.0 Å². The number of methoxy groups -OCH3 is 1. The molecule has 0 radical (unpaired) electrons. The first-order valence-corrected chi connectivity index (χ1v) is 10.2. The summed E-state index contributed by atoms with van der Waals surface area (Å²) < 4.78 is 11.2. The fourth-order valence-electron chi connectivity index (χ4n) is 2.50. The SMILES string of the molecule is COc1ccc(/C=C/C(=O)c2cccs2)cc1COc1c(Cl)cc(Cl)cc1Cl. The van der Waals surface area contributed by atoms with Gasteiger partial charge in [0.05, 0.1) is 22.0 Å². The van der Waals surface area contributed by atoms with E-state index < -0.39 is 0 Å². The highest BCUT2D eigenvalue weighted by molar-refractivity contribution is 7.12. The lowest BCUT2D eigenvalue weighted by Crippen LogP contribution is -2.00. The van der Waals surface area contributed by atoms with Gasteiger partial charge < -0.3 is 9.47 Å². The zero-order chi connectivity index (χ0) is 20.1. The molecular weight excluding hydrogens is 439 g/mol. The Hall–Kier alpha value is -1.98. The Morgan fingerprint density at radius 3 is 2.50 bits per heavy atom. The minimum atomic E-state index is -0.0386. The van der Waals surface area contributed by atoms with Crippen molar-refractivity contribution in [2.75, 3.05) is 7.11 Å². The fraction of sp³-hybridized carbons (Fsp3) is 0.0952. The molecule has 0 unspecified atom stereocenters. The van der Waals surface area contributed by atoms with Crippen LogP contribution in [0, 0.1) is 0 Å². The van der Waals surface area contributed by atoms with Crippen LogP contribution in [0.3, 0.4) is 0 Å². The maximum atomic E-state index is 12.1. The highest BCUT2D eigenvalue weighted by atomic mass is 35.5. The summed E-state index contributed by atoms with van der Waals surface area (Å²) >= 11 is 19.7. The Balaban J connectivity index is 1.79. The molecule has 0 N–H and O–H groups in total. The van der Waals surface area contributed by atoms with Gasteiger partial charge in [-0.2, -0.15) is 0 Å². The van der Waals surface area contributed by atoms with E-state index in [-0.39, 0.29) is 12.4 Å². The fourth-order valence-corrected chi connectivity index (χ4v) is 4.08. The number of halogens is 3. The average Bonchev–Trinajstić information content (AvgIpc) is 3.20. The summed E-state index contributed by atoms with van der Waals surface area (Å²) in [7, 11) is 1.58. The predicted octanol–water partition coefficient (Wildman–Crippen LogP) is 7.19. The van der Waals surface area contributed by atoms with Gasteiger partial charge in [0.2, 0.25) is 0 Å². The Bertz CT molecular complexity index is 991. The molecule has 28 heavy (non-hydrogen) atoms. The molecule has 0 amide bonds. The quantitative estimate of drug-likeness (QED) is 0.280. The summed E-state index contributed by atoms with van der Waals surface area (Å²) in [5, 5.41) is 2.96. The molecule has 0 saturated heterocycles. The molecular formula is C21H15Cl3O3S. The summed E-state index contributed by atoms with van der Waals surface area (Å²) in [6.45, 7) is 0.185. The molecule has 0 spiro atoms. The summed E-state index contributed by atoms with van der Waals surface area (Å²) in [5.74, 6) is 0.967. The second-order valence-corrected chi connectivity index (χ2v) is 7.93. The van der Waals surface area contributed by atoms with E-state index in [1.807, 2.05) is 29.6 Å². The van der Waals surface area contributed by atoms with Crippen molar-refractivity contribution in [3.05, 3.63) is 85.0 Å². The van der Waals surface area contributed by atoms with Gasteiger partial charge in [-0.3, -0.25) is 4.79 Å². The number of hydrogen-bond acceptors (Lipinski definition) is 4. The zero-order valence-electron chi connectivity index (χ0n) is 14.7. The lowest BCUT2D eigenvalue weighted by atomic mass is 10.1. The number of carbonyl (C=O) groups excluding carboxylic acids is 1. The van der Waals surface area contributed by atoms with Crippen molar-refractivity contribution < 1.29 is 14.3 Å². The van der Waals surface area contributed by atoms with E-state index in [0.29, 0.717) is 31.4 Å². The summed E-state index contributed by atoms with van der Waals surface area (Å²) in [4.78, 5) is 12.8. The highest BCUT2D eigenvalue weighted by Crippen LogP contribution is 2.36. The van der Waals surface area contributed by atoms with Gasteiger partial charge in [0.25, 0.3) is 0 Å². The third-order valence-corrected chi connectivity index (χ3v) is 5.49. The van der Waals surface area contributed by atoms with Crippen LogP contribution in [-0.2, 0) is 6.61 Å². The van der Waals surface area contributed by atoms with Crippen LogP contribution >= 0.6 is 46.1 Å². The predicted molar refractivity (Wildman–Crippen MR) is 116 cm³/mol. The first kappa shape index (κ1) is 20.7. The molecule has 0 atom stereocenters. The molecule has 144 valence electrons. The molecule has 2 aromatic carbocycles. The van der Waals surface area contributed by atoms with Crippen LogP contribution in [0.2, 0.25) is 15.1 Å². The Kier molecular flexibility index (Phi) is 7.03. The smallest absolute Gasteiger partial charge is 0.195 e. The van der Waals surface area contributed by atoms with Crippen LogP contribution in [0.25, 0.3) is 6.08 Å². The van der Waals surface area contributed by atoms with Crippen LogP contribution < -0.4 is 9.47 Å². The molecule has 7 heteroatoms. The average molecular weight is 454 g/mol. The first-order valence-electron chi connectivity index (χ1n) is 8.18. The van der Waals surface area contributed by atoms with Crippen LogP contribution in [-0.4, -0.2) is 12.9 Å². The first-order chi connectivity index (χ1) is 13.5. The van der Waals surface area contributed by atoms with Crippen molar-refractivity contribution in [2.24, 2.45) is 0 Å². The monoisotopic (exact) mass is 452 g/mol. The van der Waals surface area contributed by atoms with E-state index in [1.54, 1.807) is 37.5 Å². The van der Waals surface area contributed by atoms with Crippen LogP contribution in [0.4, 0.5) is 0 Å². The Morgan fingerprint density at radius 1 is 1.11 bits per heavy atom. The molecule has 0 aliphatic rings. The van der Waals surface area contributed by atoms with E-state index in [0.717, 1.165) is 11.1 Å². The Labute approximate surface area is 182 Å². The van der Waals surface area contributed by atoms with Crippen LogP contribution in [0.1, 0.15) is 20.8 Å². The molecule has 3 aromatic rings. The maximum absolute atomic E-state index is 12.1. The molecule has 0 bridgehead atoms. The molecule has 0 aliphatic heterocycles. The standard InChI is InChI=1S/C21H15Cl3O3S/c1-26-19-7-5-13(4-6-18(25)20-3-2-8-28-20)9-14(19)12-27-21-16(23)10-15(22)11-17(21)24/h2-11H,12H2,1H3/b6-4+. The van der Waals surface area contributed by atoms with Crippen molar-refractivity contribution in [3.8, 4) is 11.5 Å². The summed E-state index contributed by atoms with van der Waals surface area (Å²) in [6, 6.07) is 12.3. The Morgan fingerprint density at radius 2 is 1.86 bits per heavy atom.